The average Bonchev–Trinajstić information content (AvgIpc) is 2.39. The number of carbonyl (C=O) groups is 2. The second kappa shape index (κ2) is 4.82. The van der Waals surface area contributed by atoms with Gasteiger partial charge >= 0.3 is 6.09 Å². The van der Waals surface area contributed by atoms with Crippen LogP contribution in [0.25, 0.3) is 0 Å². The Labute approximate surface area is 98.5 Å². The van der Waals surface area contributed by atoms with Crippen LogP contribution in [0.1, 0.15) is 10.4 Å². The smallest absolute Gasteiger partial charge is 0.407 e. The summed E-state index contributed by atoms with van der Waals surface area (Å²) in [5, 5.41) is 8.79. The molecule has 2 amide bonds. The zero-order chi connectivity index (χ0) is 12.3. The van der Waals surface area contributed by atoms with Gasteiger partial charge in [-0.1, -0.05) is 0 Å². The number of hydrogen-bond acceptors (Lipinski definition) is 3. The van der Waals surface area contributed by atoms with E-state index < -0.39 is 6.09 Å². The van der Waals surface area contributed by atoms with Gasteiger partial charge in [0.25, 0.3) is 5.91 Å². The van der Waals surface area contributed by atoms with Crippen molar-refractivity contribution < 1.29 is 14.7 Å². The van der Waals surface area contributed by atoms with Crippen LogP contribution in [0.3, 0.4) is 0 Å². The summed E-state index contributed by atoms with van der Waals surface area (Å²) in [5.41, 5.74) is 0.587. The first kappa shape index (κ1) is 11.4. The molecule has 0 aliphatic carbocycles. The summed E-state index contributed by atoms with van der Waals surface area (Å²) in [7, 11) is 0. The number of carboxylic acid groups (broad SMARTS) is 1. The number of amides is 2. The van der Waals surface area contributed by atoms with Gasteiger partial charge in [-0.05, 0) is 12.1 Å². The van der Waals surface area contributed by atoms with Crippen molar-refractivity contribution in [3.05, 3.63) is 30.1 Å². The zero-order valence-electron chi connectivity index (χ0n) is 9.24. The molecule has 1 saturated heterocycles. The fourth-order valence-electron chi connectivity index (χ4n) is 1.78. The molecule has 0 bridgehead atoms. The van der Waals surface area contributed by atoms with Gasteiger partial charge in [-0.3, -0.25) is 9.78 Å². The largest absolute Gasteiger partial charge is 0.465 e. The van der Waals surface area contributed by atoms with E-state index in [9.17, 15) is 9.59 Å². The second-order valence-electron chi connectivity index (χ2n) is 3.80. The summed E-state index contributed by atoms with van der Waals surface area (Å²) in [4.78, 5) is 29.6. The minimum Gasteiger partial charge on any atom is -0.465 e. The fraction of sp³-hybridized carbons (Fsp3) is 0.364. The van der Waals surface area contributed by atoms with Crippen molar-refractivity contribution >= 4 is 12.0 Å². The number of hydrogen-bond donors (Lipinski definition) is 1. The molecule has 1 fully saturated rings. The van der Waals surface area contributed by atoms with Crippen LogP contribution < -0.4 is 0 Å². The third-order valence-corrected chi connectivity index (χ3v) is 2.76. The average molecular weight is 235 g/mol. The first-order valence-electron chi connectivity index (χ1n) is 5.35. The molecule has 1 aromatic rings. The molecule has 0 spiro atoms. The van der Waals surface area contributed by atoms with Gasteiger partial charge in [0.15, 0.2) is 0 Å². The minimum atomic E-state index is -0.930. The molecule has 6 nitrogen and oxygen atoms in total. The summed E-state index contributed by atoms with van der Waals surface area (Å²) in [6.07, 6.45) is 2.21. The first-order chi connectivity index (χ1) is 8.18. The molecular formula is C11H13N3O3. The van der Waals surface area contributed by atoms with Gasteiger partial charge in [-0.25, -0.2) is 4.79 Å². The van der Waals surface area contributed by atoms with E-state index in [-0.39, 0.29) is 5.91 Å². The Morgan fingerprint density at radius 1 is 1.06 bits per heavy atom. The Morgan fingerprint density at radius 3 is 2.12 bits per heavy atom. The van der Waals surface area contributed by atoms with Gasteiger partial charge in [0.05, 0.1) is 0 Å². The van der Waals surface area contributed by atoms with Crippen molar-refractivity contribution in [3.63, 3.8) is 0 Å². The normalized spacial score (nSPS) is 15.8. The molecule has 2 heterocycles. The van der Waals surface area contributed by atoms with Crippen molar-refractivity contribution in [3.8, 4) is 0 Å². The van der Waals surface area contributed by atoms with Crippen molar-refractivity contribution in [1.29, 1.82) is 0 Å². The molecule has 1 aliphatic heterocycles. The summed E-state index contributed by atoms with van der Waals surface area (Å²) in [6.45, 7) is 1.61. The number of aromatic nitrogens is 1. The van der Waals surface area contributed by atoms with E-state index in [4.69, 9.17) is 5.11 Å². The highest BCUT2D eigenvalue weighted by Gasteiger charge is 2.24. The van der Waals surface area contributed by atoms with E-state index in [0.717, 1.165) is 0 Å². The van der Waals surface area contributed by atoms with Crippen molar-refractivity contribution in [2.75, 3.05) is 26.2 Å². The molecule has 90 valence electrons. The lowest BCUT2D eigenvalue weighted by molar-refractivity contribution is 0.0624. The van der Waals surface area contributed by atoms with Crippen LogP contribution in [-0.2, 0) is 0 Å². The Hall–Kier alpha value is -2.11. The zero-order valence-corrected chi connectivity index (χ0v) is 9.24. The molecule has 2 rings (SSSR count). The highest BCUT2D eigenvalue weighted by atomic mass is 16.4. The maximum atomic E-state index is 12.0. The first-order valence-corrected chi connectivity index (χ1v) is 5.35. The van der Waals surface area contributed by atoms with Crippen LogP contribution in [0.15, 0.2) is 24.5 Å². The van der Waals surface area contributed by atoms with E-state index in [0.29, 0.717) is 31.7 Å². The number of rotatable bonds is 1. The molecule has 1 aliphatic rings. The molecule has 0 aromatic carbocycles. The number of pyridine rings is 1. The molecule has 17 heavy (non-hydrogen) atoms. The van der Waals surface area contributed by atoms with E-state index >= 15 is 0 Å². The Morgan fingerprint density at radius 2 is 1.59 bits per heavy atom. The predicted octanol–water partition coefficient (Wildman–Crippen LogP) is 0.517. The molecule has 1 N–H and O–H groups in total. The third kappa shape index (κ3) is 2.52. The Balaban J connectivity index is 1.98. The quantitative estimate of drug-likeness (QED) is 0.770. The lowest BCUT2D eigenvalue weighted by atomic mass is 10.2. The SMILES string of the molecule is O=C(O)N1CCN(C(=O)c2ccncc2)CC1. The van der Waals surface area contributed by atoms with Crippen LogP contribution in [0.4, 0.5) is 4.79 Å². The van der Waals surface area contributed by atoms with E-state index in [1.807, 2.05) is 0 Å². The molecule has 0 atom stereocenters. The lowest BCUT2D eigenvalue weighted by Crippen LogP contribution is -2.50. The van der Waals surface area contributed by atoms with E-state index in [1.54, 1.807) is 29.4 Å². The maximum Gasteiger partial charge on any atom is 0.407 e. The van der Waals surface area contributed by atoms with E-state index in [2.05, 4.69) is 4.98 Å². The monoisotopic (exact) mass is 235 g/mol. The third-order valence-electron chi connectivity index (χ3n) is 2.76. The van der Waals surface area contributed by atoms with Gasteiger partial charge in [0.2, 0.25) is 0 Å². The Bertz CT molecular complexity index is 413. The van der Waals surface area contributed by atoms with Gasteiger partial charge in [0, 0.05) is 44.1 Å². The maximum absolute atomic E-state index is 12.0. The van der Waals surface area contributed by atoms with E-state index in [1.165, 1.54) is 4.90 Å². The molecule has 0 saturated carbocycles. The minimum absolute atomic E-state index is 0.0718. The number of nitrogens with zero attached hydrogens (tertiary/aromatic N) is 3. The van der Waals surface area contributed by atoms with Crippen LogP contribution in [-0.4, -0.2) is 58.1 Å². The van der Waals surface area contributed by atoms with Crippen LogP contribution in [0.5, 0.6) is 0 Å². The highest BCUT2D eigenvalue weighted by Crippen LogP contribution is 2.07. The summed E-state index contributed by atoms with van der Waals surface area (Å²) in [5.74, 6) is -0.0718. The summed E-state index contributed by atoms with van der Waals surface area (Å²) >= 11 is 0. The standard InChI is InChI=1S/C11H13N3O3/c15-10(9-1-3-12-4-2-9)13-5-7-14(8-6-13)11(16)17/h1-4H,5-8H2,(H,16,17). The second-order valence-corrected chi connectivity index (χ2v) is 3.80. The topological polar surface area (TPSA) is 73.7 Å². The molecule has 1 aromatic heterocycles. The number of piperazine rings is 1. The predicted molar refractivity (Wildman–Crippen MR) is 59.7 cm³/mol. The number of carbonyl (C=O) groups excluding carboxylic acids is 1. The molecule has 0 unspecified atom stereocenters. The van der Waals surface area contributed by atoms with Gasteiger partial charge in [0.1, 0.15) is 0 Å². The van der Waals surface area contributed by atoms with Crippen LogP contribution in [0.2, 0.25) is 0 Å². The van der Waals surface area contributed by atoms with Crippen LogP contribution in [0, 0.1) is 0 Å². The van der Waals surface area contributed by atoms with Crippen molar-refractivity contribution in [2.24, 2.45) is 0 Å². The summed E-state index contributed by atoms with van der Waals surface area (Å²) < 4.78 is 0. The van der Waals surface area contributed by atoms with Crippen molar-refractivity contribution in [2.45, 2.75) is 0 Å². The molecule has 0 radical (unpaired) electrons. The van der Waals surface area contributed by atoms with Crippen molar-refractivity contribution in [1.82, 2.24) is 14.8 Å². The molecular weight excluding hydrogens is 222 g/mol. The lowest BCUT2D eigenvalue weighted by Gasteiger charge is -2.33. The fourth-order valence-corrected chi connectivity index (χ4v) is 1.78. The van der Waals surface area contributed by atoms with Gasteiger partial charge in [-0.2, -0.15) is 0 Å². The Kier molecular flexibility index (Phi) is 3.22. The van der Waals surface area contributed by atoms with Gasteiger partial charge < -0.3 is 14.9 Å². The summed E-state index contributed by atoms with van der Waals surface area (Å²) in [6, 6.07) is 3.32. The van der Waals surface area contributed by atoms with Crippen LogP contribution >= 0.6 is 0 Å². The van der Waals surface area contributed by atoms with Gasteiger partial charge in [-0.15, -0.1) is 0 Å². The highest BCUT2D eigenvalue weighted by molar-refractivity contribution is 5.94. The molecule has 6 heteroatoms.